The number of hydrogen-bond acceptors (Lipinski definition) is 3. The van der Waals surface area contributed by atoms with Crippen molar-refractivity contribution >= 4 is 23.4 Å². The third-order valence-corrected chi connectivity index (χ3v) is 4.75. The fourth-order valence-electron chi connectivity index (χ4n) is 2.99. The Morgan fingerprint density at radius 3 is 2.46 bits per heavy atom. The van der Waals surface area contributed by atoms with Crippen LogP contribution in [-0.2, 0) is 22.7 Å². The smallest absolute Gasteiger partial charge is 0.225 e. The average Bonchev–Trinajstić information content (AvgIpc) is 3.02. The van der Waals surface area contributed by atoms with Crippen LogP contribution in [0.15, 0.2) is 48.5 Å². The second-order valence-corrected chi connectivity index (χ2v) is 6.80. The van der Waals surface area contributed by atoms with Gasteiger partial charge in [-0.3, -0.25) is 9.59 Å². The molecule has 1 saturated heterocycles. The molecule has 0 saturated carbocycles. The van der Waals surface area contributed by atoms with E-state index in [4.69, 9.17) is 16.3 Å². The average molecular weight is 373 g/mol. The number of ether oxygens (including phenoxy) is 1. The number of benzene rings is 2. The van der Waals surface area contributed by atoms with E-state index in [1.807, 2.05) is 36.4 Å². The van der Waals surface area contributed by atoms with Gasteiger partial charge in [-0.15, -0.1) is 0 Å². The SMILES string of the molecule is COc1ccc(CN2CC(C(=O)NCc3ccc(Cl)cc3)CC2=O)cc1. The maximum atomic E-state index is 12.4. The van der Waals surface area contributed by atoms with Gasteiger partial charge in [-0.2, -0.15) is 0 Å². The molecule has 2 aromatic carbocycles. The number of rotatable bonds is 6. The number of hydrogen-bond donors (Lipinski definition) is 1. The minimum atomic E-state index is -0.312. The zero-order valence-corrected chi connectivity index (χ0v) is 15.3. The van der Waals surface area contributed by atoms with Crippen molar-refractivity contribution in [3.8, 4) is 5.75 Å². The molecule has 1 atom stereocenters. The predicted molar refractivity (Wildman–Crippen MR) is 99.8 cm³/mol. The first-order valence-electron chi connectivity index (χ1n) is 8.48. The van der Waals surface area contributed by atoms with Crippen molar-refractivity contribution in [3.05, 3.63) is 64.7 Å². The fourth-order valence-corrected chi connectivity index (χ4v) is 3.11. The van der Waals surface area contributed by atoms with Crippen molar-refractivity contribution < 1.29 is 14.3 Å². The molecule has 1 N–H and O–H groups in total. The molecular formula is C20H21ClN2O3. The first kappa shape index (κ1) is 18.3. The van der Waals surface area contributed by atoms with Gasteiger partial charge in [0.2, 0.25) is 11.8 Å². The van der Waals surface area contributed by atoms with E-state index in [0.29, 0.717) is 24.7 Å². The van der Waals surface area contributed by atoms with E-state index in [1.165, 1.54) is 0 Å². The summed E-state index contributed by atoms with van der Waals surface area (Å²) in [5, 5.41) is 3.57. The van der Waals surface area contributed by atoms with E-state index in [1.54, 1.807) is 24.1 Å². The summed E-state index contributed by atoms with van der Waals surface area (Å²) in [6, 6.07) is 14.9. The van der Waals surface area contributed by atoms with Crippen molar-refractivity contribution in [1.29, 1.82) is 0 Å². The van der Waals surface area contributed by atoms with E-state index >= 15 is 0 Å². The molecule has 0 spiro atoms. The molecule has 0 radical (unpaired) electrons. The van der Waals surface area contributed by atoms with Crippen LogP contribution in [0, 0.1) is 5.92 Å². The number of likely N-dealkylation sites (tertiary alicyclic amines) is 1. The molecule has 2 amide bonds. The Hall–Kier alpha value is -2.53. The summed E-state index contributed by atoms with van der Waals surface area (Å²) in [7, 11) is 1.62. The van der Waals surface area contributed by atoms with E-state index in [9.17, 15) is 9.59 Å². The van der Waals surface area contributed by atoms with Crippen molar-refractivity contribution in [1.82, 2.24) is 10.2 Å². The molecule has 1 aliphatic heterocycles. The van der Waals surface area contributed by atoms with E-state index in [0.717, 1.165) is 16.9 Å². The molecule has 0 bridgehead atoms. The first-order valence-corrected chi connectivity index (χ1v) is 8.86. The number of amides is 2. The molecule has 136 valence electrons. The molecule has 6 heteroatoms. The van der Waals surface area contributed by atoms with Crippen molar-refractivity contribution in [3.63, 3.8) is 0 Å². The van der Waals surface area contributed by atoms with Gasteiger partial charge in [-0.05, 0) is 35.4 Å². The summed E-state index contributed by atoms with van der Waals surface area (Å²) < 4.78 is 5.14. The molecule has 2 aromatic rings. The molecule has 26 heavy (non-hydrogen) atoms. The lowest BCUT2D eigenvalue weighted by atomic mass is 10.1. The normalized spacial score (nSPS) is 16.6. The Bertz CT molecular complexity index is 775. The van der Waals surface area contributed by atoms with Crippen molar-refractivity contribution in [2.75, 3.05) is 13.7 Å². The third-order valence-electron chi connectivity index (χ3n) is 4.50. The number of carbonyl (C=O) groups excluding carboxylic acids is 2. The third kappa shape index (κ3) is 4.55. The molecular weight excluding hydrogens is 352 g/mol. The van der Waals surface area contributed by atoms with Gasteiger partial charge in [0.15, 0.2) is 0 Å². The monoisotopic (exact) mass is 372 g/mol. The quantitative estimate of drug-likeness (QED) is 0.848. The molecule has 0 aromatic heterocycles. The molecule has 1 heterocycles. The number of carbonyl (C=O) groups is 2. The van der Waals surface area contributed by atoms with Crippen LogP contribution in [0.4, 0.5) is 0 Å². The summed E-state index contributed by atoms with van der Waals surface area (Å²) in [6.45, 7) is 1.38. The molecule has 0 aliphatic carbocycles. The number of nitrogens with zero attached hydrogens (tertiary/aromatic N) is 1. The molecule has 1 unspecified atom stereocenters. The lowest BCUT2D eigenvalue weighted by molar-refractivity contribution is -0.129. The van der Waals surface area contributed by atoms with Gasteiger partial charge < -0.3 is 15.0 Å². The van der Waals surface area contributed by atoms with Gasteiger partial charge in [0.1, 0.15) is 5.75 Å². The van der Waals surface area contributed by atoms with Crippen LogP contribution in [0.1, 0.15) is 17.5 Å². The summed E-state index contributed by atoms with van der Waals surface area (Å²) in [5.74, 6) is 0.381. The van der Waals surface area contributed by atoms with Gasteiger partial charge in [-0.1, -0.05) is 35.9 Å². The van der Waals surface area contributed by atoms with Crippen LogP contribution < -0.4 is 10.1 Å². The zero-order valence-electron chi connectivity index (χ0n) is 14.6. The summed E-state index contributed by atoms with van der Waals surface area (Å²) in [6.07, 6.45) is 0.253. The summed E-state index contributed by atoms with van der Waals surface area (Å²) >= 11 is 5.86. The van der Waals surface area contributed by atoms with Gasteiger partial charge >= 0.3 is 0 Å². The number of nitrogens with one attached hydrogen (secondary N) is 1. The van der Waals surface area contributed by atoms with E-state index in [-0.39, 0.29) is 24.2 Å². The highest BCUT2D eigenvalue weighted by Gasteiger charge is 2.34. The van der Waals surface area contributed by atoms with Crippen LogP contribution in [0.3, 0.4) is 0 Å². The van der Waals surface area contributed by atoms with Crippen LogP contribution in [0.25, 0.3) is 0 Å². The zero-order chi connectivity index (χ0) is 18.5. The number of methoxy groups -OCH3 is 1. The maximum Gasteiger partial charge on any atom is 0.225 e. The van der Waals surface area contributed by atoms with Crippen LogP contribution in [-0.4, -0.2) is 30.4 Å². The summed E-state index contributed by atoms with van der Waals surface area (Å²) in [5.41, 5.74) is 1.99. The first-order chi connectivity index (χ1) is 12.5. The van der Waals surface area contributed by atoms with Crippen molar-refractivity contribution in [2.24, 2.45) is 5.92 Å². The summed E-state index contributed by atoms with van der Waals surface area (Å²) in [4.78, 5) is 26.3. The van der Waals surface area contributed by atoms with Gasteiger partial charge in [0.05, 0.1) is 13.0 Å². The fraction of sp³-hybridized carbons (Fsp3) is 0.300. The topological polar surface area (TPSA) is 58.6 Å². The lowest BCUT2D eigenvalue weighted by Crippen LogP contribution is -2.32. The van der Waals surface area contributed by atoms with Gasteiger partial charge in [0.25, 0.3) is 0 Å². The molecule has 5 nitrogen and oxygen atoms in total. The minimum absolute atomic E-state index is 0.00691. The highest BCUT2D eigenvalue weighted by Crippen LogP contribution is 2.21. The largest absolute Gasteiger partial charge is 0.497 e. The minimum Gasteiger partial charge on any atom is -0.497 e. The molecule has 1 fully saturated rings. The van der Waals surface area contributed by atoms with Gasteiger partial charge in [-0.25, -0.2) is 0 Å². The second kappa shape index (κ2) is 8.23. The predicted octanol–water partition coefficient (Wildman–Crippen LogP) is 3.01. The van der Waals surface area contributed by atoms with Crippen LogP contribution in [0.2, 0.25) is 5.02 Å². The Balaban J connectivity index is 1.52. The Kier molecular flexibility index (Phi) is 5.78. The lowest BCUT2D eigenvalue weighted by Gasteiger charge is -2.17. The van der Waals surface area contributed by atoms with E-state index in [2.05, 4.69) is 5.32 Å². The van der Waals surface area contributed by atoms with Gasteiger partial charge in [0, 0.05) is 31.1 Å². The Labute approximate surface area is 157 Å². The Morgan fingerprint density at radius 1 is 1.15 bits per heavy atom. The maximum absolute atomic E-state index is 12.4. The van der Waals surface area contributed by atoms with Crippen molar-refractivity contribution in [2.45, 2.75) is 19.5 Å². The molecule has 3 rings (SSSR count). The number of halogens is 1. The highest BCUT2D eigenvalue weighted by molar-refractivity contribution is 6.30. The standard InChI is InChI=1S/C20H21ClN2O3/c1-26-18-8-4-15(5-9-18)12-23-13-16(10-19(23)24)20(25)22-11-14-2-6-17(21)7-3-14/h2-9,16H,10-13H2,1H3,(H,22,25). The Morgan fingerprint density at radius 2 is 1.81 bits per heavy atom. The van der Waals surface area contributed by atoms with Crippen LogP contribution in [0.5, 0.6) is 5.75 Å². The highest BCUT2D eigenvalue weighted by atomic mass is 35.5. The molecule has 1 aliphatic rings. The second-order valence-electron chi connectivity index (χ2n) is 6.37. The van der Waals surface area contributed by atoms with E-state index < -0.39 is 0 Å². The van der Waals surface area contributed by atoms with Crippen LogP contribution >= 0.6 is 11.6 Å².